The zero-order valence-corrected chi connectivity index (χ0v) is 21.1. The predicted octanol–water partition coefficient (Wildman–Crippen LogP) is 6.13. The molecule has 2 atom stereocenters. The van der Waals surface area contributed by atoms with E-state index in [1.54, 1.807) is 0 Å². The fourth-order valence-electron chi connectivity index (χ4n) is 3.86. The van der Waals surface area contributed by atoms with Crippen LogP contribution in [0.4, 0.5) is 13.2 Å². The summed E-state index contributed by atoms with van der Waals surface area (Å²) in [6.07, 6.45) is -4.13. The summed E-state index contributed by atoms with van der Waals surface area (Å²) in [5, 5.41) is 11.0. The number of methoxy groups -OCH3 is 1. The molecule has 6 nitrogen and oxygen atoms in total. The molecule has 0 amide bonds. The molecule has 0 unspecified atom stereocenters. The van der Waals surface area contributed by atoms with Gasteiger partial charge in [-0.15, -0.1) is 0 Å². The Morgan fingerprint density at radius 1 is 1.06 bits per heavy atom. The normalized spacial score (nSPS) is 14.2. The average Bonchev–Trinajstić information content (AvgIpc) is 2.80. The van der Waals surface area contributed by atoms with Gasteiger partial charge in [-0.25, -0.2) is 4.79 Å². The van der Waals surface area contributed by atoms with Gasteiger partial charge >= 0.3 is 12.1 Å². The fraction of sp³-hybridized carbons (Fsp3) is 0.280. The molecule has 0 spiro atoms. The van der Waals surface area contributed by atoms with Gasteiger partial charge < -0.3 is 19.1 Å². The Hall–Kier alpha value is -3.01. The number of hydrogen-bond acceptors (Lipinski definition) is 5. The number of alkyl halides is 3. The molecule has 0 saturated heterocycles. The first-order valence-electron chi connectivity index (χ1n) is 10.5. The van der Waals surface area contributed by atoms with Crippen LogP contribution in [0.5, 0.6) is 11.5 Å². The third kappa shape index (κ3) is 5.09. The van der Waals surface area contributed by atoms with Gasteiger partial charge in [-0.3, -0.25) is 4.79 Å². The van der Waals surface area contributed by atoms with Crippen LogP contribution in [0.15, 0.2) is 53.5 Å². The van der Waals surface area contributed by atoms with Crippen molar-refractivity contribution in [2.75, 3.05) is 7.11 Å². The Labute approximate surface area is 214 Å². The summed E-state index contributed by atoms with van der Waals surface area (Å²) < 4.78 is 54.2. The molecule has 0 radical (unpaired) electrons. The number of esters is 1. The molecule has 1 aromatic heterocycles. The third-order valence-electron chi connectivity index (χ3n) is 5.88. The molecule has 0 fully saturated rings. The molecule has 0 aliphatic heterocycles. The fourth-order valence-corrected chi connectivity index (χ4v) is 4.45. The van der Waals surface area contributed by atoms with E-state index >= 15 is 0 Å². The van der Waals surface area contributed by atoms with Crippen LogP contribution >= 0.6 is 23.2 Å². The summed E-state index contributed by atoms with van der Waals surface area (Å²) in [6, 6.07) is 9.29. The summed E-state index contributed by atoms with van der Waals surface area (Å²) in [7, 11) is 2.52. The standard InChI is InChI=1S/C25H22Cl2F3NO5/c1-13-9-15(12-31(3)22(13)32)24(34,25(28,29)30)14(2)18-7-5-16(10-20(18)26)36-17-6-8-19(21(27)11-17)23(33)35-4/h5-12,14,34H,1-4H3/t14-,24-/m0/s1. The summed E-state index contributed by atoms with van der Waals surface area (Å²) in [5.74, 6) is -1.74. The molecule has 36 heavy (non-hydrogen) atoms. The first-order valence-corrected chi connectivity index (χ1v) is 11.3. The Morgan fingerprint density at radius 2 is 1.64 bits per heavy atom. The summed E-state index contributed by atoms with van der Waals surface area (Å²) in [5.41, 5.74) is -4.11. The van der Waals surface area contributed by atoms with E-state index in [0.29, 0.717) is 0 Å². The smallest absolute Gasteiger partial charge is 0.422 e. The number of carbonyl (C=O) groups is 1. The first-order chi connectivity index (χ1) is 16.7. The molecular weight excluding hydrogens is 522 g/mol. The van der Waals surface area contributed by atoms with Crippen molar-refractivity contribution in [3.63, 3.8) is 0 Å². The quantitative estimate of drug-likeness (QED) is 0.378. The number of aromatic nitrogens is 1. The van der Waals surface area contributed by atoms with E-state index in [4.69, 9.17) is 27.9 Å². The zero-order valence-electron chi connectivity index (χ0n) is 19.6. The minimum absolute atomic E-state index is 0.00872. The number of benzene rings is 2. The van der Waals surface area contributed by atoms with E-state index in [0.717, 1.165) is 16.8 Å². The maximum atomic E-state index is 14.3. The maximum Gasteiger partial charge on any atom is 0.422 e. The molecule has 3 aromatic rings. The van der Waals surface area contributed by atoms with Crippen LogP contribution in [0, 0.1) is 6.92 Å². The van der Waals surface area contributed by atoms with Crippen LogP contribution in [0.25, 0.3) is 0 Å². The highest BCUT2D eigenvalue weighted by molar-refractivity contribution is 6.33. The highest BCUT2D eigenvalue weighted by Gasteiger charge is 2.59. The molecule has 11 heteroatoms. The lowest BCUT2D eigenvalue weighted by Gasteiger charge is -2.37. The summed E-state index contributed by atoms with van der Waals surface area (Å²) in [4.78, 5) is 23.7. The van der Waals surface area contributed by atoms with Crippen LogP contribution < -0.4 is 10.3 Å². The number of aliphatic hydroxyl groups is 1. The molecule has 0 aliphatic carbocycles. The highest BCUT2D eigenvalue weighted by Crippen LogP contribution is 2.50. The van der Waals surface area contributed by atoms with Crippen molar-refractivity contribution in [1.82, 2.24) is 4.57 Å². The summed E-state index contributed by atoms with van der Waals surface area (Å²) in [6.45, 7) is 2.57. The van der Waals surface area contributed by atoms with E-state index in [9.17, 15) is 27.9 Å². The number of hydrogen-bond donors (Lipinski definition) is 1. The molecule has 2 aromatic carbocycles. The SMILES string of the molecule is COC(=O)c1ccc(Oc2ccc([C@H](C)[C@](O)(c3cc(C)c(=O)n(C)c3)C(F)(F)F)c(Cl)c2)cc1Cl. The zero-order chi connectivity index (χ0) is 27.0. The number of rotatable bonds is 6. The molecule has 3 rings (SSSR count). The molecule has 0 bridgehead atoms. The van der Waals surface area contributed by atoms with E-state index in [1.807, 2.05) is 0 Å². The van der Waals surface area contributed by atoms with E-state index in [1.165, 1.54) is 64.4 Å². The molecule has 1 heterocycles. The van der Waals surface area contributed by atoms with Gasteiger partial charge in [-0.05, 0) is 42.8 Å². The van der Waals surface area contributed by atoms with Crippen LogP contribution in [0.2, 0.25) is 10.0 Å². The summed E-state index contributed by atoms with van der Waals surface area (Å²) >= 11 is 12.4. The number of ether oxygens (including phenoxy) is 2. The van der Waals surface area contributed by atoms with Crippen molar-refractivity contribution in [1.29, 1.82) is 0 Å². The lowest BCUT2D eigenvalue weighted by molar-refractivity contribution is -0.274. The van der Waals surface area contributed by atoms with Crippen molar-refractivity contribution in [2.24, 2.45) is 7.05 Å². The number of aryl methyl sites for hydroxylation is 2. The first kappa shape index (κ1) is 27.6. The minimum Gasteiger partial charge on any atom is -0.465 e. The van der Waals surface area contributed by atoms with Gasteiger partial charge in [0.15, 0.2) is 5.60 Å². The van der Waals surface area contributed by atoms with Gasteiger partial charge in [-0.2, -0.15) is 13.2 Å². The minimum atomic E-state index is -5.09. The van der Waals surface area contributed by atoms with Gasteiger partial charge in [0.2, 0.25) is 0 Å². The molecule has 0 saturated carbocycles. The van der Waals surface area contributed by atoms with Crippen LogP contribution in [0.3, 0.4) is 0 Å². The molecule has 1 N–H and O–H groups in total. The Morgan fingerprint density at radius 3 is 2.14 bits per heavy atom. The Kier molecular flexibility index (Phi) is 7.78. The second-order valence-corrected chi connectivity index (χ2v) is 9.05. The Balaban J connectivity index is 1.98. The van der Waals surface area contributed by atoms with Gasteiger partial charge in [-0.1, -0.05) is 36.2 Å². The van der Waals surface area contributed by atoms with Gasteiger partial charge in [0.25, 0.3) is 5.56 Å². The Bertz CT molecular complexity index is 1350. The molecule has 0 aliphatic rings. The number of carbonyl (C=O) groups excluding carboxylic acids is 1. The van der Waals surface area contributed by atoms with E-state index < -0.39 is 34.8 Å². The number of halogens is 5. The number of pyridine rings is 1. The monoisotopic (exact) mass is 543 g/mol. The van der Waals surface area contributed by atoms with Crippen molar-refractivity contribution >= 4 is 29.2 Å². The largest absolute Gasteiger partial charge is 0.465 e. The predicted molar refractivity (Wildman–Crippen MR) is 129 cm³/mol. The lowest BCUT2D eigenvalue weighted by atomic mass is 9.78. The molecular formula is C25H22Cl2F3NO5. The second kappa shape index (κ2) is 10.2. The average molecular weight is 544 g/mol. The van der Waals surface area contributed by atoms with Gasteiger partial charge in [0.1, 0.15) is 11.5 Å². The lowest BCUT2D eigenvalue weighted by Crippen LogP contribution is -2.47. The van der Waals surface area contributed by atoms with Gasteiger partial charge in [0, 0.05) is 41.4 Å². The van der Waals surface area contributed by atoms with Crippen molar-refractivity contribution < 1.29 is 32.5 Å². The van der Waals surface area contributed by atoms with Crippen molar-refractivity contribution in [3.8, 4) is 11.5 Å². The van der Waals surface area contributed by atoms with E-state index in [-0.39, 0.29) is 38.2 Å². The van der Waals surface area contributed by atoms with Crippen LogP contribution in [-0.2, 0) is 17.4 Å². The van der Waals surface area contributed by atoms with Crippen molar-refractivity contribution in [3.05, 3.63) is 91.3 Å². The van der Waals surface area contributed by atoms with Crippen molar-refractivity contribution in [2.45, 2.75) is 31.5 Å². The topological polar surface area (TPSA) is 77.8 Å². The van der Waals surface area contributed by atoms with Crippen LogP contribution in [0.1, 0.15) is 39.9 Å². The number of nitrogens with zero attached hydrogens (tertiary/aromatic N) is 1. The third-order valence-corrected chi connectivity index (χ3v) is 6.52. The van der Waals surface area contributed by atoms with Gasteiger partial charge in [0.05, 0.1) is 17.7 Å². The molecule has 192 valence electrons. The van der Waals surface area contributed by atoms with Crippen LogP contribution in [-0.4, -0.2) is 28.9 Å². The highest BCUT2D eigenvalue weighted by atomic mass is 35.5. The van der Waals surface area contributed by atoms with E-state index in [2.05, 4.69) is 4.74 Å². The maximum absolute atomic E-state index is 14.3. The second-order valence-electron chi connectivity index (χ2n) is 8.23.